The minimum Gasteiger partial charge on any atom is -0.304 e. The Bertz CT molecular complexity index is 253. The third-order valence-corrected chi connectivity index (χ3v) is 6.86. The van der Waals surface area contributed by atoms with Crippen LogP contribution < -0.4 is 0 Å². The fraction of sp³-hybridized carbons (Fsp3) is 1.00. The lowest BCUT2D eigenvalue weighted by atomic mass is 9.51. The average molecular weight is 256 g/mol. The molecule has 0 aliphatic rings. The Morgan fingerprint density at radius 2 is 0.611 bits per heavy atom. The van der Waals surface area contributed by atoms with Gasteiger partial charge in [0.15, 0.2) is 0 Å². The van der Waals surface area contributed by atoms with Crippen molar-refractivity contribution in [2.24, 2.45) is 10.8 Å². The van der Waals surface area contributed by atoms with E-state index in [0.29, 0.717) is 0 Å². The topological polar surface area (TPSA) is 6.48 Å². The summed E-state index contributed by atoms with van der Waals surface area (Å²) in [6, 6.07) is 0. The van der Waals surface area contributed by atoms with Crippen molar-refractivity contribution >= 4 is 0 Å². The molecule has 0 aliphatic heterocycles. The third kappa shape index (κ3) is 2.34. The molecule has 0 saturated carbocycles. The molecule has 0 rings (SSSR count). The summed E-state index contributed by atoms with van der Waals surface area (Å²) in [6.45, 7) is 19.0. The van der Waals surface area contributed by atoms with Crippen LogP contribution in [0.25, 0.3) is 0 Å². The molecule has 0 aromatic rings. The molecule has 0 aliphatic carbocycles. The van der Waals surface area contributed by atoms with Crippen LogP contribution in [-0.4, -0.2) is 49.1 Å². The van der Waals surface area contributed by atoms with Gasteiger partial charge in [-0.3, -0.25) is 0 Å². The predicted molar refractivity (Wildman–Crippen MR) is 83.1 cm³/mol. The van der Waals surface area contributed by atoms with Gasteiger partial charge in [0, 0.05) is 11.1 Å². The van der Waals surface area contributed by atoms with Crippen LogP contribution >= 0.6 is 0 Å². The van der Waals surface area contributed by atoms with Crippen molar-refractivity contribution in [1.82, 2.24) is 9.80 Å². The van der Waals surface area contributed by atoms with E-state index in [2.05, 4.69) is 93.4 Å². The molecule has 0 atom stereocenters. The van der Waals surface area contributed by atoms with Crippen molar-refractivity contribution in [3.05, 3.63) is 0 Å². The first-order chi connectivity index (χ1) is 7.64. The highest BCUT2D eigenvalue weighted by molar-refractivity contribution is 5.09. The molecule has 0 spiro atoms. The van der Waals surface area contributed by atoms with Crippen molar-refractivity contribution in [3.8, 4) is 0 Å². The summed E-state index contributed by atoms with van der Waals surface area (Å²) in [5.41, 5.74) is 0.585. The fourth-order valence-corrected chi connectivity index (χ4v) is 2.65. The van der Waals surface area contributed by atoms with Crippen molar-refractivity contribution < 1.29 is 0 Å². The van der Waals surface area contributed by atoms with E-state index < -0.39 is 0 Å². The van der Waals surface area contributed by atoms with E-state index >= 15 is 0 Å². The van der Waals surface area contributed by atoms with Gasteiger partial charge in [-0.2, -0.15) is 0 Å². The van der Waals surface area contributed by atoms with E-state index in [1.54, 1.807) is 0 Å². The van der Waals surface area contributed by atoms with Gasteiger partial charge < -0.3 is 9.80 Å². The number of hydrogen-bond donors (Lipinski definition) is 0. The van der Waals surface area contributed by atoms with E-state index in [1.807, 2.05) is 0 Å². The number of rotatable bonds is 5. The lowest BCUT2D eigenvalue weighted by Crippen LogP contribution is -2.65. The molecule has 18 heavy (non-hydrogen) atoms. The molecule has 0 unspecified atom stereocenters. The van der Waals surface area contributed by atoms with Gasteiger partial charge >= 0.3 is 0 Å². The van der Waals surface area contributed by atoms with Gasteiger partial charge in [-0.15, -0.1) is 0 Å². The van der Waals surface area contributed by atoms with Crippen LogP contribution in [0.1, 0.15) is 55.4 Å². The van der Waals surface area contributed by atoms with Crippen LogP contribution in [-0.2, 0) is 0 Å². The van der Waals surface area contributed by atoms with E-state index in [0.717, 1.165) is 0 Å². The van der Waals surface area contributed by atoms with Crippen molar-refractivity contribution in [1.29, 1.82) is 0 Å². The number of nitrogens with zero attached hydrogens (tertiary/aromatic N) is 2. The smallest absolute Gasteiger partial charge is 0.0203 e. The summed E-state index contributed by atoms with van der Waals surface area (Å²) in [5, 5.41) is 0. The molecule has 0 amide bonds. The van der Waals surface area contributed by atoms with Gasteiger partial charge in [0.05, 0.1) is 0 Å². The minimum absolute atomic E-state index is 0.129. The molecule has 0 saturated heterocycles. The molecule has 0 fully saturated rings. The quantitative estimate of drug-likeness (QED) is 0.740. The van der Waals surface area contributed by atoms with Crippen LogP contribution in [0.15, 0.2) is 0 Å². The molecule has 2 nitrogen and oxygen atoms in total. The van der Waals surface area contributed by atoms with Crippen molar-refractivity contribution in [2.45, 2.75) is 66.5 Å². The van der Waals surface area contributed by atoms with Gasteiger partial charge in [-0.05, 0) is 66.7 Å². The van der Waals surface area contributed by atoms with Crippen LogP contribution in [0.5, 0.6) is 0 Å². The maximum atomic E-state index is 2.40. The maximum absolute atomic E-state index is 2.40. The highest BCUT2D eigenvalue weighted by atomic mass is 15.2. The Kier molecular flexibility index (Phi) is 4.77. The minimum atomic E-state index is 0.129. The van der Waals surface area contributed by atoms with Crippen LogP contribution in [0, 0.1) is 10.8 Å². The standard InChI is InChI=1S/C16H36N2/c1-13(2,15(5,6)17(9)10)14(3,4)16(7,8)18(11)12/h1-12H3. The van der Waals surface area contributed by atoms with Gasteiger partial charge in [0.2, 0.25) is 0 Å². The normalized spacial score (nSPS) is 15.7. The molecule has 0 radical (unpaired) electrons. The zero-order chi connectivity index (χ0) is 15.2. The second kappa shape index (κ2) is 4.79. The Labute approximate surface area is 116 Å². The monoisotopic (exact) mass is 256 g/mol. The van der Waals surface area contributed by atoms with Crippen LogP contribution in [0.4, 0.5) is 0 Å². The zero-order valence-electron chi connectivity index (χ0n) is 14.9. The molecule has 0 bridgehead atoms. The molecule has 0 aromatic heterocycles. The van der Waals surface area contributed by atoms with E-state index in [-0.39, 0.29) is 21.9 Å². The Morgan fingerprint density at radius 1 is 0.444 bits per heavy atom. The maximum Gasteiger partial charge on any atom is 0.0203 e. The van der Waals surface area contributed by atoms with Crippen LogP contribution in [0.2, 0.25) is 0 Å². The van der Waals surface area contributed by atoms with Crippen LogP contribution in [0.3, 0.4) is 0 Å². The van der Waals surface area contributed by atoms with Crippen molar-refractivity contribution in [2.75, 3.05) is 28.2 Å². The highest BCUT2D eigenvalue weighted by Crippen LogP contribution is 2.54. The van der Waals surface area contributed by atoms with Gasteiger partial charge in [0.25, 0.3) is 0 Å². The summed E-state index contributed by atoms with van der Waals surface area (Å²) in [7, 11) is 8.72. The van der Waals surface area contributed by atoms with Gasteiger partial charge in [-0.1, -0.05) is 27.7 Å². The lowest BCUT2D eigenvalue weighted by Gasteiger charge is -2.62. The summed E-state index contributed by atoms with van der Waals surface area (Å²) in [6.07, 6.45) is 0. The average Bonchev–Trinajstić information content (AvgIpc) is 2.15. The first kappa shape index (κ1) is 17.9. The molecule has 0 aromatic carbocycles. The second-order valence-electron chi connectivity index (χ2n) is 8.16. The summed E-state index contributed by atoms with van der Waals surface area (Å²) >= 11 is 0. The third-order valence-electron chi connectivity index (χ3n) is 6.86. The number of hydrogen-bond acceptors (Lipinski definition) is 2. The van der Waals surface area contributed by atoms with Gasteiger partial charge in [-0.25, -0.2) is 0 Å². The predicted octanol–water partition coefficient (Wildman–Crippen LogP) is 3.72. The molecular formula is C16H36N2. The summed E-state index contributed by atoms with van der Waals surface area (Å²) < 4.78 is 0. The Balaban J connectivity index is 5.74. The SMILES string of the molecule is CN(C)C(C)(C)C(C)(C)C(C)(C)C(C)(C)N(C)C. The van der Waals surface area contributed by atoms with Crippen molar-refractivity contribution in [3.63, 3.8) is 0 Å². The second-order valence-corrected chi connectivity index (χ2v) is 8.16. The summed E-state index contributed by atoms with van der Waals surface area (Å²) in [4.78, 5) is 4.70. The summed E-state index contributed by atoms with van der Waals surface area (Å²) in [5.74, 6) is 0. The largest absolute Gasteiger partial charge is 0.304 e. The highest BCUT2D eigenvalue weighted by Gasteiger charge is 2.55. The van der Waals surface area contributed by atoms with E-state index in [1.165, 1.54) is 0 Å². The van der Waals surface area contributed by atoms with E-state index in [4.69, 9.17) is 0 Å². The first-order valence-electron chi connectivity index (χ1n) is 6.99. The van der Waals surface area contributed by atoms with Gasteiger partial charge in [0.1, 0.15) is 0 Å². The van der Waals surface area contributed by atoms with E-state index in [9.17, 15) is 0 Å². The zero-order valence-corrected chi connectivity index (χ0v) is 14.9. The Morgan fingerprint density at radius 3 is 0.722 bits per heavy atom. The Hall–Kier alpha value is -0.0800. The lowest BCUT2D eigenvalue weighted by molar-refractivity contribution is -0.111. The first-order valence-corrected chi connectivity index (χ1v) is 6.99. The molecular weight excluding hydrogens is 220 g/mol. The molecule has 0 N–H and O–H groups in total. The molecule has 2 heteroatoms. The molecule has 110 valence electrons. The fourth-order valence-electron chi connectivity index (χ4n) is 2.65. The molecule has 0 heterocycles.